The zero-order chi connectivity index (χ0) is 11.6. The summed E-state index contributed by atoms with van der Waals surface area (Å²) in [6.45, 7) is 1.91. The van der Waals surface area contributed by atoms with Gasteiger partial charge in [-0.05, 0) is 12.5 Å². The second-order valence-corrected chi connectivity index (χ2v) is 5.09. The van der Waals surface area contributed by atoms with Gasteiger partial charge >= 0.3 is 0 Å². The zero-order valence-corrected chi connectivity index (χ0v) is 9.76. The first kappa shape index (κ1) is 11.8. The SMILES string of the molecule is CCc1c(C(=O)NS(C)(=O)=O)ccn1C. The molecule has 0 saturated carbocycles. The molecule has 0 atom stereocenters. The standard InChI is InChI=1S/C9H14N2O3S/c1-4-8-7(5-6-11(8)2)9(12)10-15(3,13)14/h5-6H,4H2,1-3H3,(H,10,12). The second kappa shape index (κ2) is 4.06. The predicted octanol–water partition coefficient (Wildman–Crippen LogP) is 0.277. The van der Waals surface area contributed by atoms with Crippen LogP contribution in [-0.2, 0) is 23.5 Å². The minimum Gasteiger partial charge on any atom is -0.354 e. The van der Waals surface area contributed by atoms with E-state index in [1.165, 1.54) is 0 Å². The van der Waals surface area contributed by atoms with Crippen molar-refractivity contribution in [3.05, 3.63) is 23.5 Å². The molecule has 1 amide bonds. The number of carbonyl (C=O) groups is 1. The maximum absolute atomic E-state index is 11.5. The monoisotopic (exact) mass is 230 g/mol. The summed E-state index contributed by atoms with van der Waals surface area (Å²) in [6, 6.07) is 1.61. The molecule has 15 heavy (non-hydrogen) atoms. The van der Waals surface area contributed by atoms with Gasteiger partial charge in [0.1, 0.15) is 0 Å². The van der Waals surface area contributed by atoms with Gasteiger partial charge in [-0.2, -0.15) is 0 Å². The molecule has 0 aliphatic heterocycles. The van der Waals surface area contributed by atoms with Gasteiger partial charge in [0.05, 0.1) is 11.8 Å². The third-order valence-corrected chi connectivity index (χ3v) is 2.62. The summed E-state index contributed by atoms with van der Waals surface area (Å²) in [5.41, 5.74) is 1.22. The number of nitrogens with one attached hydrogen (secondary N) is 1. The maximum Gasteiger partial charge on any atom is 0.266 e. The lowest BCUT2D eigenvalue weighted by Gasteiger charge is -2.05. The molecule has 5 nitrogen and oxygen atoms in total. The molecule has 0 fully saturated rings. The van der Waals surface area contributed by atoms with Crippen molar-refractivity contribution in [1.29, 1.82) is 0 Å². The van der Waals surface area contributed by atoms with Gasteiger partial charge in [0.15, 0.2) is 0 Å². The molecule has 1 heterocycles. The molecule has 0 bridgehead atoms. The van der Waals surface area contributed by atoms with E-state index in [0.29, 0.717) is 12.0 Å². The molecule has 0 aromatic carbocycles. The third kappa shape index (κ3) is 2.82. The number of rotatable bonds is 3. The highest BCUT2D eigenvalue weighted by atomic mass is 32.2. The Morgan fingerprint density at radius 3 is 2.60 bits per heavy atom. The van der Waals surface area contributed by atoms with Crippen LogP contribution in [0.1, 0.15) is 23.0 Å². The largest absolute Gasteiger partial charge is 0.354 e. The molecule has 0 aliphatic rings. The summed E-state index contributed by atoms with van der Waals surface area (Å²) in [6.07, 6.45) is 3.37. The summed E-state index contributed by atoms with van der Waals surface area (Å²) in [4.78, 5) is 11.5. The van der Waals surface area contributed by atoms with E-state index in [0.717, 1.165) is 11.9 Å². The van der Waals surface area contributed by atoms with Crippen molar-refractivity contribution < 1.29 is 13.2 Å². The predicted molar refractivity (Wildman–Crippen MR) is 57.1 cm³/mol. The number of amides is 1. The average Bonchev–Trinajstić information content (AvgIpc) is 2.43. The molecule has 1 aromatic heterocycles. The van der Waals surface area contributed by atoms with Crippen LogP contribution in [0.2, 0.25) is 0 Å². The molecule has 0 aliphatic carbocycles. The highest BCUT2D eigenvalue weighted by Gasteiger charge is 2.16. The lowest BCUT2D eigenvalue weighted by Crippen LogP contribution is -2.29. The van der Waals surface area contributed by atoms with Crippen molar-refractivity contribution in [3.63, 3.8) is 0 Å². The van der Waals surface area contributed by atoms with E-state index in [1.807, 2.05) is 18.7 Å². The van der Waals surface area contributed by atoms with E-state index in [2.05, 4.69) is 0 Å². The first-order chi connectivity index (χ1) is 6.85. The Labute approximate surface area is 89.1 Å². The van der Waals surface area contributed by atoms with Crippen molar-refractivity contribution >= 4 is 15.9 Å². The van der Waals surface area contributed by atoms with Gasteiger partial charge in [-0.15, -0.1) is 0 Å². The molecule has 0 spiro atoms. The van der Waals surface area contributed by atoms with Crippen LogP contribution < -0.4 is 4.72 Å². The Hall–Kier alpha value is -1.30. The first-order valence-corrected chi connectivity index (χ1v) is 6.40. The number of hydrogen-bond acceptors (Lipinski definition) is 3. The number of aryl methyl sites for hydroxylation is 1. The molecule has 6 heteroatoms. The van der Waals surface area contributed by atoms with Gasteiger partial charge in [0.25, 0.3) is 5.91 Å². The molecule has 0 saturated heterocycles. The van der Waals surface area contributed by atoms with E-state index in [-0.39, 0.29) is 0 Å². The van der Waals surface area contributed by atoms with Gasteiger partial charge in [0, 0.05) is 18.9 Å². The van der Waals surface area contributed by atoms with E-state index in [4.69, 9.17) is 0 Å². The summed E-state index contributed by atoms with van der Waals surface area (Å²) in [7, 11) is -1.68. The second-order valence-electron chi connectivity index (χ2n) is 3.34. The zero-order valence-electron chi connectivity index (χ0n) is 8.94. The average molecular weight is 230 g/mol. The van der Waals surface area contributed by atoms with Crippen LogP contribution in [0.25, 0.3) is 0 Å². The van der Waals surface area contributed by atoms with Gasteiger partial charge in [-0.3, -0.25) is 4.79 Å². The molecular weight excluding hydrogens is 216 g/mol. The minimum absolute atomic E-state index is 0.408. The number of nitrogens with zero attached hydrogens (tertiary/aromatic N) is 1. The Balaban J connectivity index is 3.02. The van der Waals surface area contributed by atoms with Crippen LogP contribution in [0, 0.1) is 0 Å². The summed E-state index contributed by atoms with van der Waals surface area (Å²) in [5, 5.41) is 0. The molecule has 0 radical (unpaired) electrons. The van der Waals surface area contributed by atoms with Gasteiger partial charge < -0.3 is 4.57 Å². The van der Waals surface area contributed by atoms with E-state index in [9.17, 15) is 13.2 Å². The minimum atomic E-state index is -3.50. The van der Waals surface area contributed by atoms with E-state index < -0.39 is 15.9 Å². The van der Waals surface area contributed by atoms with Crippen LogP contribution in [0.5, 0.6) is 0 Å². The summed E-state index contributed by atoms with van der Waals surface area (Å²) in [5.74, 6) is -0.574. The van der Waals surface area contributed by atoms with Gasteiger partial charge in [0.2, 0.25) is 10.0 Å². The normalized spacial score (nSPS) is 11.4. The topological polar surface area (TPSA) is 68.2 Å². The molecule has 1 rings (SSSR count). The Kier molecular flexibility index (Phi) is 3.18. The number of hydrogen-bond donors (Lipinski definition) is 1. The van der Waals surface area contributed by atoms with Crippen molar-refractivity contribution in [3.8, 4) is 0 Å². The fraction of sp³-hybridized carbons (Fsp3) is 0.444. The van der Waals surface area contributed by atoms with Crippen LogP contribution in [0.15, 0.2) is 12.3 Å². The Morgan fingerprint density at radius 2 is 2.13 bits per heavy atom. The number of sulfonamides is 1. The lowest BCUT2D eigenvalue weighted by molar-refractivity contribution is 0.0980. The first-order valence-electron chi connectivity index (χ1n) is 4.51. The fourth-order valence-corrected chi connectivity index (χ4v) is 1.88. The maximum atomic E-state index is 11.5. The Bertz CT molecular complexity index is 474. The highest BCUT2D eigenvalue weighted by Crippen LogP contribution is 2.10. The van der Waals surface area contributed by atoms with Crippen molar-refractivity contribution in [2.75, 3.05) is 6.26 Å². The molecule has 1 N–H and O–H groups in total. The van der Waals surface area contributed by atoms with Crippen LogP contribution >= 0.6 is 0 Å². The fourth-order valence-electron chi connectivity index (χ4n) is 1.43. The van der Waals surface area contributed by atoms with Gasteiger partial charge in [-0.25, -0.2) is 13.1 Å². The van der Waals surface area contributed by atoms with E-state index in [1.54, 1.807) is 16.8 Å². The number of carbonyl (C=O) groups excluding carboxylic acids is 1. The quantitative estimate of drug-likeness (QED) is 0.810. The van der Waals surface area contributed by atoms with Crippen LogP contribution in [-0.4, -0.2) is 25.1 Å². The van der Waals surface area contributed by atoms with E-state index >= 15 is 0 Å². The summed E-state index contributed by atoms with van der Waals surface area (Å²) >= 11 is 0. The van der Waals surface area contributed by atoms with Crippen molar-refractivity contribution in [2.24, 2.45) is 7.05 Å². The van der Waals surface area contributed by atoms with Crippen molar-refractivity contribution in [1.82, 2.24) is 9.29 Å². The van der Waals surface area contributed by atoms with Crippen molar-refractivity contribution in [2.45, 2.75) is 13.3 Å². The molecule has 84 valence electrons. The highest BCUT2D eigenvalue weighted by molar-refractivity contribution is 7.89. The van der Waals surface area contributed by atoms with Gasteiger partial charge in [-0.1, -0.05) is 6.92 Å². The smallest absolute Gasteiger partial charge is 0.266 e. The Morgan fingerprint density at radius 1 is 1.53 bits per heavy atom. The van der Waals surface area contributed by atoms with Crippen LogP contribution in [0.4, 0.5) is 0 Å². The number of aromatic nitrogens is 1. The molecular formula is C9H14N2O3S. The van der Waals surface area contributed by atoms with Crippen LogP contribution in [0.3, 0.4) is 0 Å². The molecule has 0 unspecified atom stereocenters. The lowest BCUT2D eigenvalue weighted by atomic mass is 10.2. The molecule has 1 aromatic rings. The third-order valence-electron chi connectivity index (χ3n) is 2.06. The summed E-state index contributed by atoms with van der Waals surface area (Å²) < 4.78 is 25.5.